The summed E-state index contributed by atoms with van der Waals surface area (Å²) in [5, 5.41) is 0. The number of ether oxygens (including phenoxy) is 1. The molecule has 2 aromatic rings. The first-order chi connectivity index (χ1) is 8.99. The number of hydrogen-bond donors (Lipinski definition) is 0. The number of alkyl halides is 2. The second-order valence-electron chi connectivity index (χ2n) is 3.94. The van der Waals surface area contributed by atoms with E-state index < -0.39 is 6.61 Å². The molecule has 19 heavy (non-hydrogen) atoms. The molecule has 0 saturated carbocycles. The lowest BCUT2D eigenvalue weighted by Crippen LogP contribution is -2.02. The van der Waals surface area contributed by atoms with E-state index in [4.69, 9.17) is 0 Å². The van der Waals surface area contributed by atoms with Crippen LogP contribution in [0.2, 0.25) is 0 Å². The summed E-state index contributed by atoms with van der Waals surface area (Å²) in [7, 11) is 0. The van der Waals surface area contributed by atoms with Gasteiger partial charge in [-0.3, -0.25) is 0 Å². The van der Waals surface area contributed by atoms with Crippen LogP contribution in [0.4, 0.5) is 8.78 Å². The van der Waals surface area contributed by atoms with Gasteiger partial charge in [0.2, 0.25) is 0 Å². The van der Waals surface area contributed by atoms with Crippen LogP contribution in [0, 0.1) is 20.8 Å². The van der Waals surface area contributed by atoms with Crippen LogP contribution >= 0.6 is 0 Å². The van der Waals surface area contributed by atoms with Crippen LogP contribution in [-0.4, -0.2) is 16.6 Å². The first-order valence-corrected chi connectivity index (χ1v) is 5.74. The molecule has 2 rings (SSSR count). The Morgan fingerprint density at radius 2 is 1.58 bits per heavy atom. The summed E-state index contributed by atoms with van der Waals surface area (Å²) in [4.78, 5) is 7.86. The lowest BCUT2D eigenvalue weighted by atomic mass is 10.2. The predicted molar refractivity (Wildman–Crippen MR) is 69.3 cm³/mol. The van der Waals surface area contributed by atoms with Crippen molar-refractivity contribution in [1.29, 1.82) is 0 Å². The topological polar surface area (TPSA) is 35.0 Å². The number of hydrogen-bond acceptors (Lipinski definition) is 3. The van der Waals surface area contributed by atoms with Crippen LogP contribution in [0.15, 0.2) is 36.7 Å². The summed E-state index contributed by atoms with van der Waals surface area (Å²) in [6, 6.07) is 8.61. The number of para-hydroxylation sites is 1. The maximum atomic E-state index is 11.7. The summed E-state index contributed by atoms with van der Waals surface area (Å²) >= 11 is 0. The van der Waals surface area contributed by atoms with Gasteiger partial charge in [-0.15, -0.1) is 0 Å². The molecule has 0 aliphatic carbocycles. The average Bonchev–Trinajstić information content (AvgIpc) is 2.32. The molecule has 0 spiro atoms. The smallest absolute Gasteiger partial charge is 0.387 e. The Morgan fingerprint density at radius 3 is 2.00 bits per heavy atom. The molecule has 0 radical (unpaired) electrons. The number of aryl methyl sites for hydroxylation is 3. The van der Waals surface area contributed by atoms with E-state index in [1.54, 1.807) is 31.5 Å². The molecule has 102 valence electrons. The summed E-state index contributed by atoms with van der Waals surface area (Å²) in [5.41, 5.74) is 2.77. The fourth-order valence-corrected chi connectivity index (χ4v) is 1.37. The predicted octanol–water partition coefficient (Wildman–Crippen LogP) is 3.69. The van der Waals surface area contributed by atoms with E-state index in [-0.39, 0.29) is 5.75 Å². The number of nitrogens with zero attached hydrogens (tertiary/aromatic N) is 2. The molecule has 0 atom stereocenters. The van der Waals surface area contributed by atoms with Crippen molar-refractivity contribution in [2.24, 2.45) is 0 Å². The molecule has 0 bridgehead atoms. The maximum Gasteiger partial charge on any atom is 0.387 e. The minimum Gasteiger partial charge on any atom is -0.435 e. The third-order valence-electron chi connectivity index (χ3n) is 2.25. The maximum absolute atomic E-state index is 11.7. The Labute approximate surface area is 111 Å². The molecule has 0 aliphatic heterocycles. The van der Waals surface area contributed by atoms with E-state index in [0.29, 0.717) is 5.56 Å². The van der Waals surface area contributed by atoms with Gasteiger partial charge in [-0.05, 0) is 38.5 Å². The molecule has 1 heterocycles. The molecular formula is C14H16F2N2O. The third-order valence-corrected chi connectivity index (χ3v) is 2.25. The molecule has 0 unspecified atom stereocenters. The lowest BCUT2D eigenvalue weighted by Gasteiger charge is -2.05. The number of aromatic nitrogens is 2. The molecule has 0 fully saturated rings. The highest BCUT2D eigenvalue weighted by Crippen LogP contribution is 2.18. The first-order valence-electron chi connectivity index (χ1n) is 5.74. The third kappa shape index (κ3) is 5.90. The van der Waals surface area contributed by atoms with Gasteiger partial charge in [0, 0.05) is 11.4 Å². The van der Waals surface area contributed by atoms with Crippen molar-refractivity contribution in [2.75, 3.05) is 0 Å². The minimum absolute atomic E-state index is 0.238. The second kappa shape index (κ2) is 7.41. The Bertz CT molecular complexity index is 501. The van der Waals surface area contributed by atoms with Crippen LogP contribution in [0.1, 0.15) is 17.0 Å². The Balaban J connectivity index is 0.000000200. The van der Waals surface area contributed by atoms with Gasteiger partial charge in [0.05, 0.1) is 0 Å². The number of halogens is 2. The van der Waals surface area contributed by atoms with Gasteiger partial charge < -0.3 is 4.74 Å². The van der Waals surface area contributed by atoms with Crippen molar-refractivity contribution in [3.8, 4) is 5.75 Å². The number of benzene rings is 1. The van der Waals surface area contributed by atoms with Gasteiger partial charge in [-0.25, -0.2) is 9.97 Å². The SMILES string of the molecule is Cc1cc(C)ncn1.Cc1ccccc1OC(F)F. The molecule has 0 amide bonds. The van der Waals surface area contributed by atoms with E-state index in [0.717, 1.165) is 11.4 Å². The van der Waals surface area contributed by atoms with Crippen molar-refractivity contribution in [3.63, 3.8) is 0 Å². The van der Waals surface area contributed by atoms with Crippen LogP contribution < -0.4 is 4.74 Å². The summed E-state index contributed by atoms with van der Waals surface area (Å²) < 4.78 is 27.6. The van der Waals surface area contributed by atoms with E-state index in [1.807, 2.05) is 19.9 Å². The zero-order chi connectivity index (χ0) is 14.3. The minimum atomic E-state index is -2.74. The van der Waals surface area contributed by atoms with E-state index in [2.05, 4.69) is 14.7 Å². The highest BCUT2D eigenvalue weighted by Gasteiger charge is 2.04. The van der Waals surface area contributed by atoms with Crippen molar-refractivity contribution in [2.45, 2.75) is 27.4 Å². The quantitative estimate of drug-likeness (QED) is 0.831. The second-order valence-corrected chi connectivity index (χ2v) is 3.94. The molecule has 0 saturated heterocycles. The summed E-state index contributed by atoms with van der Waals surface area (Å²) in [6.45, 7) is 2.89. The molecule has 1 aromatic heterocycles. The van der Waals surface area contributed by atoms with Gasteiger partial charge in [0.15, 0.2) is 0 Å². The van der Waals surface area contributed by atoms with Crippen LogP contribution in [0.3, 0.4) is 0 Å². The fourth-order valence-electron chi connectivity index (χ4n) is 1.37. The van der Waals surface area contributed by atoms with Crippen molar-refractivity contribution >= 4 is 0 Å². The normalized spacial score (nSPS) is 9.79. The van der Waals surface area contributed by atoms with Gasteiger partial charge in [-0.1, -0.05) is 18.2 Å². The molecule has 3 nitrogen and oxygen atoms in total. The van der Waals surface area contributed by atoms with Crippen molar-refractivity contribution < 1.29 is 13.5 Å². The van der Waals surface area contributed by atoms with E-state index >= 15 is 0 Å². The largest absolute Gasteiger partial charge is 0.435 e. The Hall–Kier alpha value is -2.04. The van der Waals surface area contributed by atoms with Crippen LogP contribution in [0.5, 0.6) is 5.75 Å². The number of rotatable bonds is 2. The highest BCUT2D eigenvalue weighted by molar-refractivity contribution is 5.31. The summed E-state index contributed by atoms with van der Waals surface area (Å²) in [6.07, 6.45) is 1.57. The lowest BCUT2D eigenvalue weighted by molar-refractivity contribution is -0.0502. The molecule has 5 heteroatoms. The monoisotopic (exact) mass is 266 g/mol. The zero-order valence-corrected chi connectivity index (χ0v) is 11.1. The van der Waals surface area contributed by atoms with Gasteiger partial charge in [-0.2, -0.15) is 8.78 Å². The fraction of sp³-hybridized carbons (Fsp3) is 0.286. The highest BCUT2D eigenvalue weighted by atomic mass is 19.3. The average molecular weight is 266 g/mol. The molecule has 0 N–H and O–H groups in total. The molecule has 0 aliphatic rings. The Morgan fingerprint density at radius 1 is 1.00 bits per heavy atom. The molecule has 1 aromatic carbocycles. The van der Waals surface area contributed by atoms with E-state index in [9.17, 15) is 8.78 Å². The van der Waals surface area contributed by atoms with Gasteiger partial charge in [0.25, 0.3) is 0 Å². The van der Waals surface area contributed by atoms with Crippen LogP contribution in [0.25, 0.3) is 0 Å². The molecular weight excluding hydrogens is 250 g/mol. The zero-order valence-electron chi connectivity index (χ0n) is 11.1. The van der Waals surface area contributed by atoms with E-state index in [1.165, 1.54) is 6.07 Å². The Kier molecular flexibility index (Phi) is 5.85. The standard InChI is InChI=1S/C8H8F2O.C6H8N2/c1-6-4-2-3-5-7(6)11-8(9)10;1-5-3-6(2)8-4-7-5/h2-5,8H,1H3;3-4H,1-2H3. The van der Waals surface area contributed by atoms with Crippen molar-refractivity contribution in [3.05, 3.63) is 53.6 Å². The van der Waals surface area contributed by atoms with Crippen LogP contribution in [-0.2, 0) is 0 Å². The first kappa shape index (κ1) is 15.0. The summed E-state index contributed by atoms with van der Waals surface area (Å²) in [5.74, 6) is 0.238. The van der Waals surface area contributed by atoms with Gasteiger partial charge in [0.1, 0.15) is 12.1 Å². The van der Waals surface area contributed by atoms with Crippen molar-refractivity contribution in [1.82, 2.24) is 9.97 Å². The van der Waals surface area contributed by atoms with Gasteiger partial charge >= 0.3 is 6.61 Å².